The molecule has 0 aliphatic rings. The van der Waals surface area contributed by atoms with E-state index in [-0.39, 0.29) is 17.8 Å². The maximum atomic E-state index is 12.6. The quantitative estimate of drug-likeness (QED) is 0.851. The molecule has 1 aromatic carbocycles. The van der Waals surface area contributed by atoms with Crippen molar-refractivity contribution in [3.05, 3.63) is 29.3 Å². The monoisotopic (exact) mass is 268 g/mol. The molecule has 0 aliphatic carbocycles. The van der Waals surface area contributed by atoms with Crippen LogP contribution in [0.1, 0.15) is 11.1 Å². The molecule has 0 fully saturated rings. The minimum absolute atomic E-state index is 0.110. The van der Waals surface area contributed by atoms with Crippen molar-refractivity contribution in [2.75, 3.05) is 18.5 Å². The molecule has 2 nitrogen and oxygen atoms in total. The van der Waals surface area contributed by atoms with Gasteiger partial charge in [-0.15, -0.1) is 0 Å². The molecular weight excluding hydrogens is 255 g/mol. The van der Waals surface area contributed by atoms with Gasteiger partial charge in [0.15, 0.2) is 0 Å². The van der Waals surface area contributed by atoms with Gasteiger partial charge >= 0.3 is 6.18 Å². The number of halogens is 5. The van der Waals surface area contributed by atoms with Crippen LogP contribution in [0.25, 0.3) is 0 Å². The van der Waals surface area contributed by atoms with E-state index in [1.165, 1.54) is 18.0 Å². The van der Waals surface area contributed by atoms with E-state index in [2.05, 4.69) is 0 Å². The van der Waals surface area contributed by atoms with E-state index in [1.54, 1.807) is 0 Å². The van der Waals surface area contributed by atoms with E-state index >= 15 is 0 Å². The molecule has 0 aliphatic heterocycles. The Morgan fingerprint density at radius 1 is 1.28 bits per heavy atom. The van der Waals surface area contributed by atoms with Crippen molar-refractivity contribution in [2.24, 2.45) is 5.73 Å². The number of hydrogen-bond acceptors (Lipinski definition) is 2. The highest BCUT2D eigenvalue weighted by Crippen LogP contribution is 2.33. The molecule has 0 spiro atoms. The lowest BCUT2D eigenvalue weighted by atomic mass is 10.1. The van der Waals surface area contributed by atoms with Crippen molar-refractivity contribution >= 4 is 5.69 Å². The van der Waals surface area contributed by atoms with Crippen LogP contribution in [0.2, 0.25) is 0 Å². The summed E-state index contributed by atoms with van der Waals surface area (Å²) < 4.78 is 62.1. The maximum Gasteiger partial charge on any atom is 0.416 e. The van der Waals surface area contributed by atoms with E-state index in [9.17, 15) is 22.0 Å². The molecule has 2 N–H and O–H groups in total. The van der Waals surface area contributed by atoms with Gasteiger partial charge < -0.3 is 10.6 Å². The van der Waals surface area contributed by atoms with Gasteiger partial charge in [-0.05, 0) is 23.8 Å². The van der Waals surface area contributed by atoms with Crippen LogP contribution < -0.4 is 10.6 Å². The summed E-state index contributed by atoms with van der Waals surface area (Å²) in [7, 11) is 1.38. The molecule has 1 rings (SSSR count). The van der Waals surface area contributed by atoms with Gasteiger partial charge in [0.2, 0.25) is 0 Å². The van der Waals surface area contributed by atoms with Crippen LogP contribution in [0, 0.1) is 0 Å². The fourth-order valence-corrected chi connectivity index (χ4v) is 1.58. The summed E-state index contributed by atoms with van der Waals surface area (Å²) in [6, 6.07) is 3.20. The second-order valence-electron chi connectivity index (χ2n) is 3.81. The predicted molar refractivity (Wildman–Crippen MR) is 58.6 cm³/mol. The first kappa shape index (κ1) is 14.7. The molecule has 0 aromatic heterocycles. The van der Waals surface area contributed by atoms with Crippen LogP contribution in [-0.4, -0.2) is 20.0 Å². The zero-order chi connectivity index (χ0) is 13.9. The number of rotatable bonds is 4. The van der Waals surface area contributed by atoms with Crippen LogP contribution >= 0.6 is 0 Å². The molecule has 7 heteroatoms. The third-order valence-corrected chi connectivity index (χ3v) is 2.47. The van der Waals surface area contributed by atoms with Gasteiger partial charge in [-0.25, -0.2) is 8.78 Å². The Labute approximate surface area is 101 Å². The van der Waals surface area contributed by atoms with E-state index in [0.29, 0.717) is 0 Å². The van der Waals surface area contributed by atoms with Crippen molar-refractivity contribution in [3.8, 4) is 0 Å². The van der Waals surface area contributed by atoms with E-state index in [0.717, 1.165) is 12.1 Å². The minimum Gasteiger partial charge on any atom is -0.369 e. The third kappa shape index (κ3) is 3.56. The number of nitrogens with zero attached hydrogens (tertiary/aromatic N) is 1. The lowest BCUT2D eigenvalue weighted by Gasteiger charge is -2.21. The fourth-order valence-electron chi connectivity index (χ4n) is 1.58. The Bertz CT molecular complexity index is 403. The van der Waals surface area contributed by atoms with E-state index < -0.39 is 24.7 Å². The summed E-state index contributed by atoms with van der Waals surface area (Å²) in [5.74, 6) is 0. The zero-order valence-corrected chi connectivity index (χ0v) is 9.64. The first-order chi connectivity index (χ1) is 8.25. The number of hydrogen-bond donors (Lipinski definition) is 1. The molecule has 18 heavy (non-hydrogen) atoms. The maximum absolute atomic E-state index is 12.6. The Balaban J connectivity index is 3.06. The van der Waals surface area contributed by atoms with Crippen molar-refractivity contribution in [1.29, 1.82) is 0 Å². The predicted octanol–water partition coefficient (Wildman–Crippen LogP) is 2.87. The summed E-state index contributed by atoms with van der Waals surface area (Å²) in [4.78, 5) is 1.18. The van der Waals surface area contributed by atoms with Crippen LogP contribution in [-0.2, 0) is 12.7 Å². The molecular formula is C11H13F5N2. The largest absolute Gasteiger partial charge is 0.416 e. The van der Waals surface area contributed by atoms with Crippen LogP contribution in [0.15, 0.2) is 18.2 Å². The second kappa shape index (κ2) is 5.51. The number of alkyl halides is 5. The first-order valence-corrected chi connectivity index (χ1v) is 5.15. The van der Waals surface area contributed by atoms with Gasteiger partial charge in [0.25, 0.3) is 6.43 Å². The molecule has 102 valence electrons. The molecule has 0 unspecified atom stereocenters. The Morgan fingerprint density at radius 3 is 2.33 bits per heavy atom. The summed E-state index contributed by atoms with van der Waals surface area (Å²) in [5, 5.41) is 0. The smallest absolute Gasteiger partial charge is 0.369 e. The first-order valence-electron chi connectivity index (χ1n) is 5.15. The van der Waals surface area contributed by atoms with Crippen molar-refractivity contribution < 1.29 is 22.0 Å². The van der Waals surface area contributed by atoms with Gasteiger partial charge in [0.05, 0.1) is 12.1 Å². The highest BCUT2D eigenvalue weighted by Gasteiger charge is 2.33. The lowest BCUT2D eigenvalue weighted by Crippen LogP contribution is -2.24. The Hall–Kier alpha value is -1.37. The zero-order valence-electron chi connectivity index (χ0n) is 9.64. The topological polar surface area (TPSA) is 29.3 Å². The van der Waals surface area contributed by atoms with Gasteiger partial charge in [-0.2, -0.15) is 13.2 Å². The standard InChI is InChI=1S/C11H13F5N2/c1-18(6-10(12)13)8-2-3-9(11(14,15)16)7(4-8)5-17/h2-4,10H,5-6,17H2,1H3. The van der Waals surface area contributed by atoms with Crippen LogP contribution in [0.4, 0.5) is 27.6 Å². The van der Waals surface area contributed by atoms with Gasteiger partial charge in [-0.1, -0.05) is 0 Å². The van der Waals surface area contributed by atoms with Crippen molar-refractivity contribution in [1.82, 2.24) is 0 Å². The average Bonchev–Trinajstić information content (AvgIpc) is 2.26. The fraction of sp³-hybridized carbons (Fsp3) is 0.455. The van der Waals surface area contributed by atoms with E-state index in [4.69, 9.17) is 5.73 Å². The Morgan fingerprint density at radius 2 is 1.89 bits per heavy atom. The summed E-state index contributed by atoms with van der Waals surface area (Å²) >= 11 is 0. The third-order valence-electron chi connectivity index (χ3n) is 2.47. The van der Waals surface area contributed by atoms with Crippen LogP contribution in [0.5, 0.6) is 0 Å². The number of nitrogens with two attached hydrogens (primary N) is 1. The van der Waals surface area contributed by atoms with Crippen molar-refractivity contribution in [2.45, 2.75) is 19.1 Å². The van der Waals surface area contributed by atoms with E-state index in [1.807, 2.05) is 0 Å². The van der Waals surface area contributed by atoms with Gasteiger partial charge in [0.1, 0.15) is 0 Å². The highest BCUT2D eigenvalue weighted by molar-refractivity contribution is 5.51. The SMILES string of the molecule is CN(CC(F)F)c1ccc(C(F)(F)F)c(CN)c1. The molecule has 0 atom stereocenters. The van der Waals surface area contributed by atoms with Gasteiger partial charge in [-0.3, -0.25) is 0 Å². The molecule has 0 bridgehead atoms. The summed E-state index contributed by atoms with van der Waals surface area (Å²) in [5.41, 5.74) is 4.59. The second-order valence-corrected chi connectivity index (χ2v) is 3.81. The molecule has 0 radical (unpaired) electrons. The molecule has 1 aromatic rings. The lowest BCUT2D eigenvalue weighted by molar-refractivity contribution is -0.138. The number of anilines is 1. The normalized spacial score (nSPS) is 12.0. The molecule has 0 saturated heterocycles. The molecule has 0 saturated carbocycles. The summed E-state index contributed by atoms with van der Waals surface area (Å²) in [6.07, 6.45) is -7.05. The van der Waals surface area contributed by atoms with Crippen molar-refractivity contribution in [3.63, 3.8) is 0 Å². The molecule has 0 amide bonds. The molecule has 0 heterocycles. The Kier molecular flexibility index (Phi) is 4.50. The average molecular weight is 268 g/mol. The summed E-state index contributed by atoms with van der Waals surface area (Å²) in [6.45, 7) is -0.847. The van der Waals surface area contributed by atoms with Gasteiger partial charge in [0, 0.05) is 19.3 Å². The highest BCUT2D eigenvalue weighted by atomic mass is 19.4. The number of benzene rings is 1. The minimum atomic E-state index is -4.49. The van der Waals surface area contributed by atoms with Crippen LogP contribution in [0.3, 0.4) is 0 Å².